The Balaban J connectivity index is 1.51. The first kappa shape index (κ1) is 19.8. The SMILES string of the molecule is CN=C(NCc1ccnc2ccccc12)NCC(C)N(C)Cc1ccccc1. The van der Waals surface area contributed by atoms with Crippen LogP contribution in [0.15, 0.2) is 71.9 Å². The molecule has 2 aromatic carbocycles. The van der Waals surface area contributed by atoms with Gasteiger partial charge in [0, 0.05) is 44.3 Å². The van der Waals surface area contributed by atoms with E-state index in [-0.39, 0.29) is 0 Å². The van der Waals surface area contributed by atoms with Crippen LogP contribution < -0.4 is 10.6 Å². The van der Waals surface area contributed by atoms with Crippen LogP contribution in [-0.4, -0.2) is 42.5 Å². The Morgan fingerprint density at radius 1 is 1.04 bits per heavy atom. The number of hydrogen-bond donors (Lipinski definition) is 2. The number of likely N-dealkylation sites (N-methyl/N-ethyl adjacent to an activating group) is 1. The first-order chi connectivity index (χ1) is 13.7. The lowest BCUT2D eigenvalue weighted by molar-refractivity contribution is 0.249. The molecule has 1 aromatic heterocycles. The van der Waals surface area contributed by atoms with E-state index in [1.54, 1.807) is 7.05 Å². The van der Waals surface area contributed by atoms with Gasteiger partial charge in [-0.25, -0.2) is 0 Å². The van der Waals surface area contributed by atoms with Gasteiger partial charge in [0.15, 0.2) is 5.96 Å². The van der Waals surface area contributed by atoms with Crippen molar-refractivity contribution in [3.05, 3.63) is 78.0 Å². The number of nitrogens with one attached hydrogen (secondary N) is 2. The van der Waals surface area contributed by atoms with Crippen LogP contribution in [0.5, 0.6) is 0 Å². The third-order valence-electron chi connectivity index (χ3n) is 5.00. The molecule has 0 saturated carbocycles. The topological polar surface area (TPSA) is 52.6 Å². The number of nitrogens with zero attached hydrogens (tertiary/aromatic N) is 3. The van der Waals surface area contributed by atoms with Gasteiger partial charge in [-0.2, -0.15) is 0 Å². The predicted molar refractivity (Wildman–Crippen MR) is 117 cm³/mol. The van der Waals surface area contributed by atoms with Gasteiger partial charge in [0.05, 0.1) is 5.52 Å². The number of aromatic nitrogens is 1. The van der Waals surface area contributed by atoms with Crippen LogP contribution in [0.3, 0.4) is 0 Å². The summed E-state index contributed by atoms with van der Waals surface area (Å²) in [6.45, 7) is 4.68. The van der Waals surface area contributed by atoms with Crippen molar-refractivity contribution in [3.63, 3.8) is 0 Å². The molecule has 0 radical (unpaired) electrons. The zero-order valence-corrected chi connectivity index (χ0v) is 16.9. The van der Waals surface area contributed by atoms with Crippen molar-refractivity contribution >= 4 is 16.9 Å². The molecule has 0 fully saturated rings. The minimum Gasteiger partial charge on any atom is -0.355 e. The molecule has 146 valence electrons. The summed E-state index contributed by atoms with van der Waals surface area (Å²) < 4.78 is 0. The van der Waals surface area contributed by atoms with Crippen LogP contribution in [0.1, 0.15) is 18.1 Å². The van der Waals surface area contributed by atoms with Crippen LogP contribution in [0.25, 0.3) is 10.9 Å². The van der Waals surface area contributed by atoms with Crippen molar-refractivity contribution in [3.8, 4) is 0 Å². The number of benzene rings is 2. The molecule has 0 saturated heterocycles. The minimum atomic E-state index is 0.375. The van der Waals surface area contributed by atoms with Gasteiger partial charge < -0.3 is 10.6 Å². The molecule has 0 aliphatic carbocycles. The van der Waals surface area contributed by atoms with Gasteiger partial charge in [-0.3, -0.25) is 14.9 Å². The number of hydrogen-bond acceptors (Lipinski definition) is 3. The van der Waals surface area contributed by atoms with E-state index in [0.29, 0.717) is 12.6 Å². The van der Waals surface area contributed by atoms with Crippen molar-refractivity contribution in [1.82, 2.24) is 20.5 Å². The summed E-state index contributed by atoms with van der Waals surface area (Å²) in [7, 11) is 3.96. The summed E-state index contributed by atoms with van der Waals surface area (Å²) in [5.74, 6) is 0.806. The van der Waals surface area contributed by atoms with Crippen molar-refractivity contribution < 1.29 is 0 Å². The molecule has 3 rings (SSSR count). The summed E-state index contributed by atoms with van der Waals surface area (Å²) in [6.07, 6.45) is 1.86. The maximum atomic E-state index is 4.42. The van der Waals surface area contributed by atoms with E-state index in [0.717, 1.165) is 24.6 Å². The summed E-state index contributed by atoms with van der Waals surface area (Å²) >= 11 is 0. The number of aliphatic imine (C=N–C) groups is 1. The highest BCUT2D eigenvalue weighted by atomic mass is 15.2. The lowest BCUT2D eigenvalue weighted by atomic mass is 10.1. The second-order valence-electron chi connectivity index (χ2n) is 7.04. The molecule has 1 heterocycles. The molecule has 28 heavy (non-hydrogen) atoms. The highest BCUT2D eigenvalue weighted by Crippen LogP contribution is 2.15. The second kappa shape index (κ2) is 9.85. The van der Waals surface area contributed by atoms with Gasteiger partial charge in [0.1, 0.15) is 0 Å². The highest BCUT2D eigenvalue weighted by molar-refractivity contribution is 5.83. The van der Waals surface area contributed by atoms with Crippen molar-refractivity contribution in [1.29, 1.82) is 0 Å². The summed E-state index contributed by atoms with van der Waals surface area (Å²) in [6, 6.07) is 21.2. The Bertz CT molecular complexity index is 902. The zero-order valence-electron chi connectivity index (χ0n) is 16.9. The van der Waals surface area contributed by atoms with E-state index >= 15 is 0 Å². The zero-order chi connectivity index (χ0) is 19.8. The smallest absolute Gasteiger partial charge is 0.191 e. The highest BCUT2D eigenvalue weighted by Gasteiger charge is 2.10. The van der Waals surface area contributed by atoms with Gasteiger partial charge in [0.25, 0.3) is 0 Å². The van der Waals surface area contributed by atoms with Gasteiger partial charge >= 0.3 is 0 Å². The monoisotopic (exact) mass is 375 g/mol. The number of fused-ring (bicyclic) bond motifs is 1. The standard InChI is InChI=1S/C23H29N5/c1-18(28(3)17-19-9-5-4-6-10-19)15-26-23(24-2)27-16-20-13-14-25-22-12-8-7-11-21(20)22/h4-14,18H,15-17H2,1-3H3,(H2,24,26,27). The Morgan fingerprint density at radius 3 is 2.57 bits per heavy atom. The molecule has 0 amide bonds. The largest absolute Gasteiger partial charge is 0.355 e. The molecular formula is C23H29N5. The van der Waals surface area contributed by atoms with E-state index in [4.69, 9.17) is 0 Å². The maximum Gasteiger partial charge on any atom is 0.191 e. The molecule has 5 nitrogen and oxygen atoms in total. The first-order valence-corrected chi connectivity index (χ1v) is 9.68. The fraction of sp³-hybridized carbons (Fsp3) is 0.304. The fourth-order valence-electron chi connectivity index (χ4n) is 3.14. The Hall–Kier alpha value is -2.92. The Morgan fingerprint density at radius 2 is 1.79 bits per heavy atom. The van der Waals surface area contributed by atoms with Crippen LogP contribution in [0.2, 0.25) is 0 Å². The van der Waals surface area contributed by atoms with E-state index in [2.05, 4.69) is 81.9 Å². The first-order valence-electron chi connectivity index (χ1n) is 9.68. The molecule has 0 spiro atoms. The molecule has 1 unspecified atom stereocenters. The third-order valence-corrected chi connectivity index (χ3v) is 5.00. The molecular weight excluding hydrogens is 346 g/mol. The number of para-hydroxylation sites is 1. The van der Waals surface area contributed by atoms with E-state index in [1.165, 1.54) is 16.5 Å². The average Bonchev–Trinajstić information content (AvgIpc) is 2.74. The lowest BCUT2D eigenvalue weighted by Crippen LogP contribution is -2.44. The Labute approximate surface area is 167 Å². The second-order valence-corrected chi connectivity index (χ2v) is 7.04. The van der Waals surface area contributed by atoms with Gasteiger partial charge in [-0.05, 0) is 37.2 Å². The molecule has 3 aromatic rings. The average molecular weight is 376 g/mol. The Kier molecular flexibility index (Phi) is 6.98. The van der Waals surface area contributed by atoms with Crippen molar-refractivity contribution in [2.45, 2.75) is 26.1 Å². The quantitative estimate of drug-likeness (QED) is 0.491. The van der Waals surface area contributed by atoms with Crippen LogP contribution in [0.4, 0.5) is 0 Å². The molecule has 0 aliphatic heterocycles. The van der Waals surface area contributed by atoms with E-state index in [9.17, 15) is 0 Å². The molecule has 2 N–H and O–H groups in total. The molecule has 5 heteroatoms. The number of guanidine groups is 1. The number of rotatable bonds is 7. The van der Waals surface area contributed by atoms with Gasteiger partial charge in [-0.1, -0.05) is 48.5 Å². The molecule has 0 bridgehead atoms. The minimum absolute atomic E-state index is 0.375. The van der Waals surface area contributed by atoms with Gasteiger partial charge in [0.2, 0.25) is 0 Å². The lowest BCUT2D eigenvalue weighted by Gasteiger charge is -2.26. The maximum absolute atomic E-state index is 4.42. The summed E-state index contributed by atoms with van der Waals surface area (Å²) in [5, 5.41) is 8.02. The van der Waals surface area contributed by atoms with Crippen molar-refractivity contribution in [2.24, 2.45) is 4.99 Å². The van der Waals surface area contributed by atoms with E-state index in [1.807, 2.05) is 24.4 Å². The molecule has 0 aliphatic rings. The predicted octanol–water partition coefficient (Wildman–Crippen LogP) is 3.42. The molecule has 1 atom stereocenters. The summed E-state index contributed by atoms with van der Waals surface area (Å²) in [4.78, 5) is 11.1. The van der Waals surface area contributed by atoms with E-state index < -0.39 is 0 Å². The summed E-state index contributed by atoms with van der Waals surface area (Å²) in [5.41, 5.74) is 3.55. The van der Waals surface area contributed by atoms with Gasteiger partial charge in [-0.15, -0.1) is 0 Å². The van der Waals surface area contributed by atoms with Crippen LogP contribution >= 0.6 is 0 Å². The third kappa shape index (κ3) is 5.30. The van der Waals surface area contributed by atoms with Crippen LogP contribution in [-0.2, 0) is 13.1 Å². The van der Waals surface area contributed by atoms with Crippen molar-refractivity contribution in [2.75, 3.05) is 20.6 Å². The number of pyridine rings is 1. The van der Waals surface area contributed by atoms with Crippen LogP contribution in [0, 0.1) is 0 Å². The fourth-order valence-corrected chi connectivity index (χ4v) is 3.14. The normalized spacial score (nSPS) is 12.9.